The number of benzene rings is 1. The number of nitrogens with zero attached hydrogens (tertiary/aromatic N) is 1. The number of halogens is 3. The Morgan fingerprint density at radius 3 is 2.81 bits per heavy atom. The highest BCUT2D eigenvalue weighted by molar-refractivity contribution is 9.10. The molecule has 5 heteroatoms. The van der Waals surface area contributed by atoms with Crippen LogP contribution in [-0.4, -0.2) is 29.3 Å². The monoisotopic (exact) mass is 321 g/mol. The zero-order valence-electron chi connectivity index (χ0n) is 8.42. The van der Waals surface area contributed by atoms with Gasteiger partial charge in [-0.3, -0.25) is 4.79 Å². The summed E-state index contributed by atoms with van der Waals surface area (Å²) in [5.74, 6) is -0.0411. The second-order valence-corrected chi connectivity index (χ2v) is 5.70. The van der Waals surface area contributed by atoms with Crippen LogP contribution in [0.4, 0.5) is 0 Å². The smallest absolute Gasteiger partial charge is 0.255 e. The van der Waals surface area contributed by atoms with Crippen molar-refractivity contribution in [1.29, 1.82) is 0 Å². The summed E-state index contributed by atoms with van der Waals surface area (Å²) in [7, 11) is 0. The van der Waals surface area contributed by atoms with Crippen molar-refractivity contribution >= 4 is 45.0 Å². The Bertz CT molecular complexity index is 424. The molecule has 0 N–H and O–H groups in total. The minimum absolute atomic E-state index is 0.0411. The minimum atomic E-state index is -0.0411. The van der Waals surface area contributed by atoms with E-state index in [0.717, 1.165) is 10.9 Å². The van der Waals surface area contributed by atoms with Crippen LogP contribution in [0.15, 0.2) is 22.7 Å². The second kappa shape index (κ2) is 4.94. The molecule has 1 heterocycles. The van der Waals surface area contributed by atoms with E-state index in [1.807, 2.05) is 6.07 Å². The molecule has 0 radical (unpaired) electrons. The maximum absolute atomic E-state index is 12.1. The lowest BCUT2D eigenvalue weighted by atomic mass is 10.2. The molecule has 1 saturated heterocycles. The molecule has 1 aliphatic rings. The van der Waals surface area contributed by atoms with Crippen molar-refractivity contribution in [2.45, 2.75) is 11.8 Å². The van der Waals surface area contributed by atoms with Crippen LogP contribution in [-0.2, 0) is 0 Å². The van der Waals surface area contributed by atoms with Gasteiger partial charge >= 0.3 is 0 Å². The van der Waals surface area contributed by atoms with E-state index in [1.54, 1.807) is 17.0 Å². The SMILES string of the molecule is O=C(c1ccc(Br)cc1Cl)N1CCC(Cl)C1. The summed E-state index contributed by atoms with van der Waals surface area (Å²) in [6.07, 6.45) is 0.849. The van der Waals surface area contributed by atoms with E-state index < -0.39 is 0 Å². The summed E-state index contributed by atoms with van der Waals surface area (Å²) in [5.41, 5.74) is 0.538. The second-order valence-electron chi connectivity index (χ2n) is 3.76. The van der Waals surface area contributed by atoms with Crippen molar-refractivity contribution in [2.75, 3.05) is 13.1 Å². The van der Waals surface area contributed by atoms with E-state index in [2.05, 4.69) is 15.9 Å². The number of alkyl halides is 1. The molecule has 0 aliphatic carbocycles. The molecule has 1 aromatic rings. The third-order valence-corrected chi connectivity index (χ3v) is 3.74. The van der Waals surface area contributed by atoms with Gasteiger partial charge in [-0.25, -0.2) is 0 Å². The van der Waals surface area contributed by atoms with Crippen LogP contribution in [0.3, 0.4) is 0 Å². The van der Waals surface area contributed by atoms with Crippen molar-refractivity contribution in [3.8, 4) is 0 Å². The van der Waals surface area contributed by atoms with Gasteiger partial charge in [-0.2, -0.15) is 0 Å². The van der Waals surface area contributed by atoms with Crippen molar-refractivity contribution in [3.05, 3.63) is 33.3 Å². The van der Waals surface area contributed by atoms with Gasteiger partial charge in [-0.1, -0.05) is 27.5 Å². The molecule has 16 heavy (non-hydrogen) atoms. The number of amides is 1. The Morgan fingerprint density at radius 2 is 2.25 bits per heavy atom. The number of carbonyl (C=O) groups excluding carboxylic acids is 1. The van der Waals surface area contributed by atoms with Crippen LogP contribution in [0.1, 0.15) is 16.8 Å². The van der Waals surface area contributed by atoms with Crippen molar-refractivity contribution < 1.29 is 4.79 Å². The van der Waals surface area contributed by atoms with Gasteiger partial charge in [0.2, 0.25) is 0 Å². The molecule has 1 atom stereocenters. The standard InChI is InChI=1S/C11H10BrCl2NO/c12-7-1-2-9(10(14)5-7)11(16)15-4-3-8(13)6-15/h1-2,5,8H,3-4,6H2. The average Bonchev–Trinajstić information content (AvgIpc) is 2.64. The lowest BCUT2D eigenvalue weighted by Crippen LogP contribution is -2.29. The third kappa shape index (κ3) is 2.53. The lowest BCUT2D eigenvalue weighted by Gasteiger charge is -2.16. The summed E-state index contributed by atoms with van der Waals surface area (Å²) in [6.45, 7) is 1.31. The zero-order valence-corrected chi connectivity index (χ0v) is 11.5. The predicted octanol–water partition coefficient (Wildman–Crippen LogP) is 3.56. The first kappa shape index (κ1) is 12.2. The Balaban J connectivity index is 2.21. The summed E-state index contributed by atoms with van der Waals surface area (Å²) >= 11 is 15.3. The molecule has 1 aromatic carbocycles. The van der Waals surface area contributed by atoms with Crippen molar-refractivity contribution in [1.82, 2.24) is 4.90 Å². The number of hydrogen-bond acceptors (Lipinski definition) is 1. The fraction of sp³-hybridized carbons (Fsp3) is 0.364. The molecule has 0 saturated carbocycles. The molecule has 2 rings (SSSR count). The predicted molar refractivity (Wildman–Crippen MR) is 69.3 cm³/mol. The van der Waals surface area contributed by atoms with Crippen LogP contribution < -0.4 is 0 Å². The molecule has 86 valence electrons. The molecule has 1 aliphatic heterocycles. The summed E-state index contributed by atoms with van der Waals surface area (Å²) in [5, 5.41) is 0.538. The fourth-order valence-electron chi connectivity index (χ4n) is 1.74. The normalized spacial score (nSPS) is 20.2. The topological polar surface area (TPSA) is 20.3 Å². The maximum Gasteiger partial charge on any atom is 0.255 e. The highest BCUT2D eigenvalue weighted by Crippen LogP contribution is 2.24. The molecule has 1 fully saturated rings. The molecule has 1 amide bonds. The Hall–Kier alpha value is -0.250. The van der Waals surface area contributed by atoms with E-state index in [0.29, 0.717) is 23.7 Å². The van der Waals surface area contributed by atoms with Crippen LogP contribution >= 0.6 is 39.1 Å². The summed E-state index contributed by atoms with van der Waals surface area (Å²) < 4.78 is 0.866. The van der Waals surface area contributed by atoms with Crippen LogP contribution in [0, 0.1) is 0 Å². The quantitative estimate of drug-likeness (QED) is 0.724. The molecular formula is C11H10BrCl2NO. The zero-order chi connectivity index (χ0) is 11.7. The largest absolute Gasteiger partial charge is 0.337 e. The average molecular weight is 323 g/mol. The number of hydrogen-bond donors (Lipinski definition) is 0. The Kier molecular flexibility index (Phi) is 3.77. The van der Waals surface area contributed by atoms with E-state index in [-0.39, 0.29) is 11.3 Å². The Morgan fingerprint density at radius 1 is 1.50 bits per heavy atom. The van der Waals surface area contributed by atoms with Gasteiger partial charge < -0.3 is 4.90 Å². The van der Waals surface area contributed by atoms with Gasteiger partial charge in [0, 0.05) is 17.6 Å². The molecular weight excluding hydrogens is 313 g/mol. The van der Waals surface area contributed by atoms with Crippen molar-refractivity contribution in [2.24, 2.45) is 0 Å². The van der Waals surface area contributed by atoms with E-state index in [4.69, 9.17) is 23.2 Å². The van der Waals surface area contributed by atoms with Gasteiger partial charge in [0.1, 0.15) is 0 Å². The van der Waals surface area contributed by atoms with E-state index in [1.165, 1.54) is 0 Å². The summed E-state index contributed by atoms with van der Waals surface area (Å²) in [4.78, 5) is 13.8. The van der Waals surface area contributed by atoms with Crippen LogP contribution in [0.2, 0.25) is 5.02 Å². The number of likely N-dealkylation sites (tertiary alicyclic amines) is 1. The summed E-state index contributed by atoms with van der Waals surface area (Å²) in [6, 6.07) is 5.27. The van der Waals surface area contributed by atoms with Crippen LogP contribution in [0.25, 0.3) is 0 Å². The lowest BCUT2D eigenvalue weighted by molar-refractivity contribution is 0.0793. The van der Waals surface area contributed by atoms with Gasteiger partial charge in [0.25, 0.3) is 5.91 Å². The fourth-order valence-corrected chi connectivity index (χ4v) is 2.75. The van der Waals surface area contributed by atoms with Crippen molar-refractivity contribution in [3.63, 3.8) is 0 Å². The van der Waals surface area contributed by atoms with Gasteiger partial charge in [0.15, 0.2) is 0 Å². The molecule has 0 aromatic heterocycles. The Labute approximate surface area is 113 Å². The minimum Gasteiger partial charge on any atom is -0.337 e. The first-order valence-corrected chi connectivity index (χ1v) is 6.57. The highest BCUT2D eigenvalue weighted by atomic mass is 79.9. The van der Waals surface area contributed by atoms with Crippen LogP contribution in [0.5, 0.6) is 0 Å². The molecule has 1 unspecified atom stereocenters. The third-order valence-electron chi connectivity index (χ3n) is 2.58. The molecule has 2 nitrogen and oxygen atoms in total. The molecule has 0 bridgehead atoms. The van der Waals surface area contributed by atoms with Gasteiger partial charge in [-0.15, -0.1) is 11.6 Å². The van der Waals surface area contributed by atoms with Gasteiger partial charge in [-0.05, 0) is 24.6 Å². The number of carbonyl (C=O) groups is 1. The first-order chi connectivity index (χ1) is 7.58. The first-order valence-electron chi connectivity index (χ1n) is 4.96. The molecule has 0 spiro atoms. The van der Waals surface area contributed by atoms with E-state index in [9.17, 15) is 4.79 Å². The maximum atomic E-state index is 12.1. The number of rotatable bonds is 1. The van der Waals surface area contributed by atoms with Gasteiger partial charge in [0.05, 0.1) is 16.0 Å². The van der Waals surface area contributed by atoms with E-state index >= 15 is 0 Å². The highest BCUT2D eigenvalue weighted by Gasteiger charge is 2.26.